The van der Waals surface area contributed by atoms with Crippen LogP contribution >= 0.6 is 11.3 Å². The molecule has 1 aromatic heterocycles. The lowest BCUT2D eigenvalue weighted by molar-refractivity contribution is -0.135. The minimum Gasteiger partial charge on any atom is -0.497 e. The van der Waals surface area contributed by atoms with Crippen LogP contribution in [-0.4, -0.2) is 68.7 Å². The van der Waals surface area contributed by atoms with Crippen molar-refractivity contribution >= 4 is 23.2 Å². The van der Waals surface area contributed by atoms with E-state index in [-0.39, 0.29) is 24.4 Å². The van der Waals surface area contributed by atoms with Crippen LogP contribution in [0.3, 0.4) is 0 Å². The highest BCUT2D eigenvalue weighted by molar-refractivity contribution is 7.10. The molecule has 0 N–H and O–H groups in total. The number of benzene rings is 2. The summed E-state index contributed by atoms with van der Waals surface area (Å²) in [6, 6.07) is 16.8. The van der Waals surface area contributed by atoms with Gasteiger partial charge in [0.05, 0.1) is 13.2 Å². The number of aryl methyl sites for hydroxylation is 1. The van der Waals surface area contributed by atoms with Crippen molar-refractivity contribution in [3.63, 3.8) is 0 Å². The first-order valence-electron chi connectivity index (χ1n) is 12.5. The average Bonchev–Trinajstić information content (AvgIpc) is 3.40. The first kappa shape index (κ1) is 26.7. The van der Waals surface area contributed by atoms with Crippen LogP contribution in [0.1, 0.15) is 38.8 Å². The number of nitrogens with zero attached hydrogens (tertiary/aromatic N) is 2. The zero-order valence-electron chi connectivity index (χ0n) is 21.6. The zero-order chi connectivity index (χ0) is 26.2. The van der Waals surface area contributed by atoms with Crippen LogP contribution in [0.4, 0.5) is 0 Å². The van der Waals surface area contributed by atoms with Crippen molar-refractivity contribution in [2.24, 2.45) is 0 Å². The van der Waals surface area contributed by atoms with Gasteiger partial charge < -0.3 is 24.0 Å². The first-order valence-corrected chi connectivity index (χ1v) is 13.4. The molecule has 0 saturated carbocycles. The molecule has 0 unspecified atom stereocenters. The fraction of sp³-hybridized carbons (Fsp3) is 0.379. The number of methoxy groups -OCH3 is 2. The van der Waals surface area contributed by atoms with E-state index in [0.29, 0.717) is 49.8 Å². The Balaban J connectivity index is 1.52. The number of thiophene rings is 1. The summed E-state index contributed by atoms with van der Waals surface area (Å²) in [4.78, 5) is 31.8. The molecule has 4 rings (SSSR count). The summed E-state index contributed by atoms with van der Waals surface area (Å²) in [6.07, 6.45) is 1.45. The third-order valence-corrected chi connectivity index (χ3v) is 7.55. The van der Waals surface area contributed by atoms with Crippen molar-refractivity contribution in [1.29, 1.82) is 0 Å². The highest BCUT2D eigenvalue weighted by Crippen LogP contribution is 2.34. The standard InChI is InChI=1S/C29H34N2O5S/c1-21-8-10-22(11-9-21)29(33)30(14-5-16-34-2)19-28(32)31-15-12-27-25(13-17-37-27)26(31)20-36-24-7-4-6-23(18-24)35-3/h4,6-11,13,17-18,26H,5,12,14-16,19-20H2,1-3H3/t26-/m0/s1. The van der Waals surface area contributed by atoms with Crippen LogP contribution in [0.5, 0.6) is 11.5 Å². The Labute approximate surface area is 222 Å². The fourth-order valence-corrected chi connectivity index (χ4v) is 5.45. The van der Waals surface area contributed by atoms with Crippen molar-refractivity contribution in [3.8, 4) is 11.5 Å². The van der Waals surface area contributed by atoms with E-state index >= 15 is 0 Å². The number of carbonyl (C=O) groups excluding carboxylic acids is 2. The molecular formula is C29H34N2O5S. The van der Waals surface area contributed by atoms with Gasteiger partial charge in [-0.15, -0.1) is 11.3 Å². The summed E-state index contributed by atoms with van der Waals surface area (Å²) in [5, 5.41) is 2.06. The number of fused-ring (bicyclic) bond motifs is 1. The summed E-state index contributed by atoms with van der Waals surface area (Å²) in [5.74, 6) is 1.16. The number of ether oxygens (including phenoxy) is 3. The molecular weight excluding hydrogens is 488 g/mol. The van der Waals surface area contributed by atoms with E-state index in [1.54, 1.807) is 30.5 Å². The van der Waals surface area contributed by atoms with Crippen LogP contribution in [-0.2, 0) is 16.0 Å². The lowest BCUT2D eigenvalue weighted by Crippen LogP contribution is -2.48. The van der Waals surface area contributed by atoms with Crippen LogP contribution in [0.2, 0.25) is 0 Å². The van der Waals surface area contributed by atoms with Gasteiger partial charge in [-0.25, -0.2) is 0 Å². The van der Waals surface area contributed by atoms with Crippen molar-refractivity contribution in [3.05, 3.63) is 81.5 Å². The maximum Gasteiger partial charge on any atom is 0.254 e. The molecule has 0 radical (unpaired) electrons. The molecule has 196 valence electrons. The fourth-order valence-electron chi connectivity index (χ4n) is 4.53. The molecule has 7 nitrogen and oxygen atoms in total. The monoisotopic (exact) mass is 522 g/mol. The largest absolute Gasteiger partial charge is 0.497 e. The smallest absolute Gasteiger partial charge is 0.254 e. The predicted molar refractivity (Wildman–Crippen MR) is 145 cm³/mol. The molecule has 0 aliphatic carbocycles. The summed E-state index contributed by atoms with van der Waals surface area (Å²) >= 11 is 1.71. The first-order chi connectivity index (χ1) is 18.0. The van der Waals surface area contributed by atoms with Crippen molar-refractivity contribution < 1.29 is 23.8 Å². The highest BCUT2D eigenvalue weighted by Gasteiger charge is 2.33. The maximum atomic E-state index is 13.7. The van der Waals surface area contributed by atoms with E-state index < -0.39 is 0 Å². The molecule has 1 aliphatic rings. The second kappa shape index (κ2) is 12.7. The van der Waals surface area contributed by atoms with Crippen LogP contribution < -0.4 is 9.47 Å². The maximum absolute atomic E-state index is 13.7. The highest BCUT2D eigenvalue weighted by atomic mass is 32.1. The lowest BCUT2D eigenvalue weighted by atomic mass is 10.00. The van der Waals surface area contributed by atoms with Crippen LogP contribution in [0, 0.1) is 6.92 Å². The van der Waals surface area contributed by atoms with Gasteiger partial charge in [-0.05, 0) is 61.0 Å². The molecule has 0 saturated heterocycles. The summed E-state index contributed by atoms with van der Waals surface area (Å²) < 4.78 is 16.6. The number of hydrogen-bond acceptors (Lipinski definition) is 6. The van der Waals surface area contributed by atoms with Crippen molar-refractivity contribution in [1.82, 2.24) is 9.80 Å². The van der Waals surface area contributed by atoms with Gasteiger partial charge in [0.1, 0.15) is 24.7 Å². The van der Waals surface area contributed by atoms with E-state index in [2.05, 4.69) is 11.4 Å². The molecule has 8 heteroatoms. The Morgan fingerprint density at radius 1 is 1.08 bits per heavy atom. The molecule has 37 heavy (non-hydrogen) atoms. The normalized spacial score (nSPS) is 14.7. The van der Waals surface area contributed by atoms with Gasteiger partial charge in [-0.1, -0.05) is 23.8 Å². The quantitative estimate of drug-likeness (QED) is 0.340. The van der Waals surface area contributed by atoms with Gasteiger partial charge in [0.25, 0.3) is 5.91 Å². The van der Waals surface area contributed by atoms with Crippen LogP contribution in [0.15, 0.2) is 60.0 Å². The van der Waals surface area contributed by atoms with E-state index in [9.17, 15) is 9.59 Å². The lowest BCUT2D eigenvalue weighted by Gasteiger charge is -2.37. The molecule has 0 spiro atoms. The van der Waals surface area contributed by atoms with Crippen molar-refractivity contribution in [2.45, 2.75) is 25.8 Å². The summed E-state index contributed by atoms with van der Waals surface area (Å²) in [6.45, 7) is 3.85. The Hall–Kier alpha value is -3.36. The molecule has 1 aliphatic heterocycles. The van der Waals surface area contributed by atoms with E-state index in [0.717, 1.165) is 17.5 Å². The second-order valence-electron chi connectivity index (χ2n) is 9.08. The zero-order valence-corrected chi connectivity index (χ0v) is 22.5. The second-order valence-corrected chi connectivity index (χ2v) is 10.1. The summed E-state index contributed by atoms with van der Waals surface area (Å²) in [7, 11) is 3.25. The molecule has 2 amide bonds. The topological polar surface area (TPSA) is 68.3 Å². The third kappa shape index (κ3) is 6.70. The van der Waals surface area contributed by atoms with Gasteiger partial charge in [-0.2, -0.15) is 0 Å². The van der Waals surface area contributed by atoms with Gasteiger partial charge in [0.15, 0.2) is 0 Å². The number of carbonyl (C=O) groups is 2. The molecule has 3 aromatic rings. The average molecular weight is 523 g/mol. The molecule has 0 fully saturated rings. The number of hydrogen-bond donors (Lipinski definition) is 0. The molecule has 0 bridgehead atoms. The summed E-state index contributed by atoms with van der Waals surface area (Å²) in [5.41, 5.74) is 2.77. The van der Waals surface area contributed by atoms with E-state index in [1.807, 2.05) is 60.4 Å². The Kier molecular flexibility index (Phi) is 9.19. The minimum atomic E-state index is -0.232. The SMILES string of the molecule is COCCCN(CC(=O)N1CCc2sccc2[C@@H]1COc1cccc(OC)c1)C(=O)c1ccc(C)cc1. The Bertz CT molecular complexity index is 1190. The number of amides is 2. The minimum absolute atomic E-state index is 0.00551. The van der Waals surface area contributed by atoms with Gasteiger partial charge in [0.2, 0.25) is 5.91 Å². The van der Waals surface area contributed by atoms with Gasteiger partial charge in [-0.3, -0.25) is 9.59 Å². The number of rotatable bonds is 11. The Morgan fingerprint density at radius 2 is 1.86 bits per heavy atom. The predicted octanol–water partition coefficient (Wildman–Crippen LogP) is 4.75. The van der Waals surface area contributed by atoms with E-state index in [4.69, 9.17) is 14.2 Å². The Morgan fingerprint density at radius 3 is 2.62 bits per heavy atom. The molecule has 2 heterocycles. The third-order valence-electron chi connectivity index (χ3n) is 6.55. The molecule has 1 atom stereocenters. The van der Waals surface area contributed by atoms with Gasteiger partial charge in [0, 0.05) is 43.3 Å². The van der Waals surface area contributed by atoms with Gasteiger partial charge >= 0.3 is 0 Å². The van der Waals surface area contributed by atoms with Crippen LogP contribution in [0.25, 0.3) is 0 Å². The van der Waals surface area contributed by atoms with E-state index in [1.165, 1.54) is 4.88 Å². The molecule has 2 aromatic carbocycles. The van der Waals surface area contributed by atoms with Crippen molar-refractivity contribution in [2.75, 3.05) is 47.1 Å².